The second-order valence-corrected chi connectivity index (χ2v) is 4.48. The molecule has 0 saturated carbocycles. The lowest BCUT2D eigenvalue weighted by Gasteiger charge is -2.27. The summed E-state index contributed by atoms with van der Waals surface area (Å²) in [4.78, 5) is 19.6. The maximum absolute atomic E-state index is 11.1. The lowest BCUT2D eigenvalue weighted by molar-refractivity contribution is 0.276. The SMILES string of the molecule is C=CCN(CC=C)C(C=C)P(=O)(O)O. The summed E-state index contributed by atoms with van der Waals surface area (Å²) >= 11 is 0. The Balaban J connectivity index is 4.73. The average molecular weight is 217 g/mol. The van der Waals surface area contributed by atoms with Crippen LogP contribution in [0.4, 0.5) is 0 Å². The molecule has 0 aromatic carbocycles. The first-order valence-electron chi connectivity index (χ1n) is 4.11. The fourth-order valence-electron chi connectivity index (χ4n) is 1.12. The van der Waals surface area contributed by atoms with E-state index in [-0.39, 0.29) is 0 Å². The molecule has 0 aliphatic rings. The number of rotatable bonds is 7. The van der Waals surface area contributed by atoms with E-state index in [1.54, 1.807) is 17.1 Å². The summed E-state index contributed by atoms with van der Waals surface area (Å²) in [6, 6.07) is 0. The van der Waals surface area contributed by atoms with Crippen LogP contribution >= 0.6 is 7.60 Å². The molecule has 0 heterocycles. The molecule has 0 rings (SSSR count). The Hall–Kier alpha value is -0.670. The number of hydrogen-bond acceptors (Lipinski definition) is 2. The zero-order valence-electron chi connectivity index (χ0n) is 8.04. The largest absolute Gasteiger partial charge is 0.346 e. The van der Waals surface area contributed by atoms with E-state index >= 15 is 0 Å². The molecule has 80 valence electrons. The summed E-state index contributed by atoms with van der Waals surface area (Å²) in [7, 11) is -4.18. The minimum Gasteiger partial charge on any atom is -0.323 e. The summed E-state index contributed by atoms with van der Waals surface area (Å²) in [6.07, 6.45) is 4.40. The van der Waals surface area contributed by atoms with E-state index in [1.165, 1.54) is 6.08 Å². The normalized spacial score (nSPS) is 13.6. The van der Waals surface area contributed by atoms with E-state index in [4.69, 9.17) is 9.79 Å². The van der Waals surface area contributed by atoms with Crippen molar-refractivity contribution < 1.29 is 14.4 Å². The predicted octanol–water partition coefficient (Wildman–Crippen LogP) is 1.35. The fraction of sp³-hybridized carbons (Fsp3) is 0.333. The molecule has 1 unspecified atom stereocenters. The highest BCUT2D eigenvalue weighted by atomic mass is 31.2. The second-order valence-electron chi connectivity index (χ2n) is 2.77. The first-order valence-corrected chi connectivity index (χ1v) is 5.79. The molecule has 0 radical (unpaired) electrons. The Kier molecular flexibility index (Phi) is 5.65. The van der Waals surface area contributed by atoms with Gasteiger partial charge in [-0.15, -0.1) is 19.7 Å². The summed E-state index contributed by atoms with van der Waals surface area (Å²) < 4.78 is 11.1. The Morgan fingerprint density at radius 2 is 1.64 bits per heavy atom. The minimum atomic E-state index is -4.18. The smallest absolute Gasteiger partial charge is 0.323 e. The van der Waals surface area contributed by atoms with Gasteiger partial charge >= 0.3 is 7.60 Å². The summed E-state index contributed by atoms with van der Waals surface area (Å²) in [6.45, 7) is 11.2. The van der Waals surface area contributed by atoms with Crippen molar-refractivity contribution in [3.05, 3.63) is 38.0 Å². The van der Waals surface area contributed by atoms with Gasteiger partial charge in [0.2, 0.25) is 0 Å². The summed E-state index contributed by atoms with van der Waals surface area (Å²) in [5, 5.41) is 0. The van der Waals surface area contributed by atoms with Crippen molar-refractivity contribution in [2.75, 3.05) is 13.1 Å². The van der Waals surface area contributed by atoms with Gasteiger partial charge in [-0.1, -0.05) is 18.2 Å². The van der Waals surface area contributed by atoms with Crippen LogP contribution in [0.25, 0.3) is 0 Å². The number of nitrogens with zero attached hydrogens (tertiary/aromatic N) is 1. The van der Waals surface area contributed by atoms with Crippen molar-refractivity contribution in [2.24, 2.45) is 0 Å². The molecule has 0 aliphatic carbocycles. The van der Waals surface area contributed by atoms with Crippen LogP contribution < -0.4 is 0 Å². The van der Waals surface area contributed by atoms with Crippen molar-refractivity contribution in [1.82, 2.24) is 4.90 Å². The molecule has 1 atom stereocenters. The van der Waals surface area contributed by atoms with Gasteiger partial charge in [-0.3, -0.25) is 9.46 Å². The van der Waals surface area contributed by atoms with Crippen LogP contribution in [0, 0.1) is 0 Å². The van der Waals surface area contributed by atoms with Gasteiger partial charge in [-0.25, -0.2) is 0 Å². The quantitative estimate of drug-likeness (QED) is 0.499. The topological polar surface area (TPSA) is 60.8 Å². The Labute approximate surface area is 84.4 Å². The van der Waals surface area contributed by atoms with Gasteiger partial charge in [0.05, 0.1) is 0 Å². The Morgan fingerprint density at radius 1 is 1.21 bits per heavy atom. The van der Waals surface area contributed by atoms with Crippen molar-refractivity contribution in [1.29, 1.82) is 0 Å². The van der Waals surface area contributed by atoms with Gasteiger partial charge in [0.1, 0.15) is 5.78 Å². The van der Waals surface area contributed by atoms with E-state index in [0.29, 0.717) is 13.1 Å². The first-order chi connectivity index (χ1) is 6.47. The van der Waals surface area contributed by atoms with E-state index in [9.17, 15) is 4.57 Å². The minimum absolute atomic E-state index is 0.383. The molecule has 0 aliphatic heterocycles. The van der Waals surface area contributed by atoms with E-state index in [1.807, 2.05) is 0 Å². The van der Waals surface area contributed by atoms with Gasteiger partial charge < -0.3 is 9.79 Å². The number of hydrogen-bond donors (Lipinski definition) is 2. The molecule has 0 amide bonds. The van der Waals surface area contributed by atoms with Crippen molar-refractivity contribution in [3.63, 3.8) is 0 Å². The van der Waals surface area contributed by atoms with Crippen molar-refractivity contribution in [2.45, 2.75) is 5.78 Å². The van der Waals surface area contributed by atoms with Gasteiger partial charge in [-0.2, -0.15) is 0 Å². The van der Waals surface area contributed by atoms with Crippen LogP contribution in [0.15, 0.2) is 38.0 Å². The van der Waals surface area contributed by atoms with E-state index in [0.717, 1.165) is 0 Å². The van der Waals surface area contributed by atoms with Crippen LogP contribution in [-0.4, -0.2) is 33.6 Å². The van der Waals surface area contributed by atoms with Crippen LogP contribution in [0.2, 0.25) is 0 Å². The molecular formula is C9H16NO3P. The standard InChI is InChI=1S/C9H16NO3P/c1-4-7-10(8-5-2)9(6-3)14(11,12)13/h4-6,9H,1-3,7-8H2,(H2,11,12,13). The van der Waals surface area contributed by atoms with Crippen LogP contribution in [0.1, 0.15) is 0 Å². The van der Waals surface area contributed by atoms with Gasteiger partial charge in [0.25, 0.3) is 0 Å². The third kappa shape index (κ3) is 4.03. The van der Waals surface area contributed by atoms with E-state index in [2.05, 4.69) is 19.7 Å². The molecule has 0 spiro atoms. The molecule has 0 bridgehead atoms. The highest BCUT2D eigenvalue weighted by molar-refractivity contribution is 7.52. The third-order valence-corrected chi connectivity index (χ3v) is 2.88. The van der Waals surface area contributed by atoms with Gasteiger partial charge in [0, 0.05) is 13.1 Å². The molecule has 5 heteroatoms. The van der Waals surface area contributed by atoms with Crippen LogP contribution in [0.5, 0.6) is 0 Å². The third-order valence-electron chi connectivity index (χ3n) is 1.66. The lowest BCUT2D eigenvalue weighted by Crippen LogP contribution is -2.33. The predicted molar refractivity (Wildman–Crippen MR) is 58.0 cm³/mol. The molecule has 0 saturated heterocycles. The Bertz CT molecular complexity index is 249. The Morgan fingerprint density at radius 3 is 1.86 bits per heavy atom. The first kappa shape index (κ1) is 13.3. The van der Waals surface area contributed by atoms with Gasteiger partial charge in [-0.05, 0) is 0 Å². The van der Waals surface area contributed by atoms with Crippen molar-refractivity contribution in [3.8, 4) is 0 Å². The van der Waals surface area contributed by atoms with Crippen LogP contribution in [-0.2, 0) is 4.57 Å². The highest BCUT2D eigenvalue weighted by Gasteiger charge is 2.30. The second kappa shape index (κ2) is 5.94. The van der Waals surface area contributed by atoms with Crippen LogP contribution in [0.3, 0.4) is 0 Å². The zero-order valence-corrected chi connectivity index (χ0v) is 8.94. The molecule has 0 fully saturated rings. The summed E-state index contributed by atoms with van der Waals surface area (Å²) in [5.41, 5.74) is 0. The average Bonchev–Trinajstić information content (AvgIpc) is 2.03. The molecule has 0 aromatic rings. The maximum atomic E-state index is 11.1. The van der Waals surface area contributed by atoms with Crippen molar-refractivity contribution >= 4 is 7.60 Å². The monoisotopic (exact) mass is 217 g/mol. The van der Waals surface area contributed by atoms with E-state index < -0.39 is 13.4 Å². The molecule has 4 nitrogen and oxygen atoms in total. The fourth-order valence-corrected chi connectivity index (χ4v) is 2.01. The molecule has 0 aromatic heterocycles. The van der Waals surface area contributed by atoms with Gasteiger partial charge in [0.15, 0.2) is 0 Å². The maximum Gasteiger partial charge on any atom is 0.346 e. The molecular weight excluding hydrogens is 201 g/mol. The molecule has 2 N–H and O–H groups in total. The zero-order chi connectivity index (χ0) is 11.2. The highest BCUT2D eigenvalue weighted by Crippen LogP contribution is 2.43. The lowest BCUT2D eigenvalue weighted by atomic mass is 10.4. The summed E-state index contributed by atoms with van der Waals surface area (Å²) in [5.74, 6) is -0.974. The molecule has 14 heavy (non-hydrogen) atoms.